The van der Waals surface area contributed by atoms with Gasteiger partial charge < -0.3 is 14.5 Å². The highest BCUT2D eigenvalue weighted by Crippen LogP contribution is 2.33. The Morgan fingerprint density at radius 2 is 2.19 bits per heavy atom. The molecule has 0 spiro atoms. The molecular formula is C18H20N6O2. The molecule has 0 amide bonds. The van der Waals surface area contributed by atoms with E-state index in [-0.39, 0.29) is 6.17 Å². The van der Waals surface area contributed by atoms with Crippen LogP contribution in [-0.2, 0) is 4.74 Å². The SMILES string of the molecule is COCCN1CN=C2NC(c3ccco3)n3c(nc4ccccc43)N2C1. The van der Waals surface area contributed by atoms with E-state index >= 15 is 0 Å². The standard InChI is InChI=1S/C18H20N6O2/c1-25-10-8-22-11-19-17-21-16(15-7-4-9-26-15)24-14-6-3-2-5-13(14)20-18(24)23(17)12-22/h2-7,9,16H,8,10-12H2,1H3,(H,19,21). The first-order chi connectivity index (χ1) is 12.8. The van der Waals surface area contributed by atoms with Crippen molar-refractivity contribution in [3.63, 3.8) is 0 Å². The molecule has 2 aliphatic heterocycles. The van der Waals surface area contributed by atoms with Crippen LogP contribution in [0.4, 0.5) is 5.95 Å². The summed E-state index contributed by atoms with van der Waals surface area (Å²) in [4.78, 5) is 13.9. The number of hydrogen-bond donors (Lipinski definition) is 1. The van der Waals surface area contributed by atoms with Crippen molar-refractivity contribution in [2.24, 2.45) is 4.99 Å². The summed E-state index contributed by atoms with van der Waals surface area (Å²) in [6, 6.07) is 12.0. The average molecular weight is 352 g/mol. The number of para-hydroxylation sites is 2. The van der Waals surface area contributed by atoms with E-state index in [9.17, 15) is 0 Å². The first-order valence-electron chi connectivity index (χ1n) is 8.65. The molecule has 1 unspecified atom stereocenters. The van der Waals surface area contributed by atoms with Crippen LogP contribution in [0.5, 0.6) is 0 Å². The first kappa shape index (κ1) is 15.4. The maximum absolute atomic E-state index is 5.69. The Bertz CT molecular complexity index is 948. The summed E-state index contributed by atoms with van der Waals surface area (Å²) in [6.45, 7) is 2.85. The lowest BCUT2D eigenvalue weighted by Gasteiger charge is -2.41. The molecule has 4 heterocycles. The van der Waals surface area contributed by atoms with Crippen molar-refractivity contribution in [2.75, 3.05) is 38.5 Å². The average Bonchev–Trinajstić information content (AvgIpc) is 3.34. The van der Waals surface area contributed by atoms with Crippen molar-refractivity contribution in [3.8, 4) is 0 Å². The van der Waals surface area contributed by atoms with E-state index in [0.717, 1.165) is 35.2 Å². The molecule has 2 aliphatic rings. The number of guanidine groups is 1. The minimum absolute atomic E-state index is 0.173. The van der Waals surface area contributed by atoms with Gasteiger partial charge in [-0.3, -0.25) is 14.4 Å². The molecule has 1 atom stereocenters. The number of aromatic nitrogens is 2. The minimum atomic E-state index is -0.173. The Hall–Kier alpha value is -2.84. The number of anilines is 1. The van der Waals surface area contributed by atoms with Gasteiger partial charge in [-0.25, -0.2) is 9.98 Å². The van der Waals surface area contributed by atoms with Gasteiger partial charge in [-0.15, -0.1) is 0 Å². The fourth-order valence-corrected chi connectivity index (χ4v) is 3.52. The van der Waals surface area contributed by atoms with Gasteiger partial charge in [0.2, 0.25) is 11.9 Å². The smallest absolute Gasteiger partial charge is 0.216 e. The van der Waals surface area contributed by atoms with Crippen LogP contribution >= 0.6 is 0 Å². The third-order valence-corrected chi connectivity index (χ3v) is 4.78. The van der Waals surface area contributed by atoms with E-state index in [4.69, 9.17) is 19.1 Å². The third kappa shape index (κ3) is 2.38. The normalized spacial score (nSPS) is 19.8. The van der Waals surface area contributed by atoms with E-state index in [0.29, 0.717) is 19.9 Å². The number of aliphatic imine (C=N–C) groups is 1. The van der Waals surface area contributed by atoms with Crippen molar-refractivity contribution in [1.82, 2.24) is 19.8 Å². The molecule has 8 heteroatoms. The molecule has 0 bridgehead atoms. The topological polar surface area (TPSA) is 71.1 Å². The zero-order chi connectivity index (χ0) is 17.5. The monoisotopic (exact) mass is 352 g/mol. The molecule has 134 valence electrons. The number of nitrogens with zero attached hydrogens (tertiary/aromatic N) is 5. The van der Waals surface area contributed by atoms with Crippen LogP contribution < -0.4 is 10.2 Å². The zero-order valence-electron chi connectivity index (χ0n) is 14.5. The fourth-order valence-electron chi connectivity index (χ4n) is 3.52. The molecule has 26 heavy (non-hydrogen) atoms. The fraction of sp³-hybridized carbons (Fsp3) is 0.333. The lowest BCUT2D eigenvalue weighted by Crippen LogP contribution is -2.57. The summed E-state index contributed by atoms with van der Waals surface area (Å²) in [7, 11) is 1.72. The van der Waals surface area contributed by atoms with Crippen molar-refractivity contribution in [3.05, 3.63) is 48.4 Å². The maximum atomic E-state index is 5.69. The van der Waals surface area contributed by atoms with Gasteiger partial charge >= 0.3 is 0 Å². The number of rotatable bonds is 4. The van der Waals surface area contributed by atoms with Crippen molar-refractivity contribution in [1.29, 1.82) is 0 Å². The summed E-state index contributed by atoms with van der Waals surface area (Å²) >= 11 is 0. The quantitative estimate of drug-likeness (QED) is 0.772. The Morgan fingerprint density at radius 3 is 3.04 bits per heavy atom. The molecule has 8 nitrogen and oxygen atoms in total. The summed E-state index contributed by atoms with van der Waals surface area (Å²) in [5.74, 6) is 2.52. The second-order valence-corrected chi connectivity index (χ2v) is 6.41. The Morgan fingerprint density at radius 1 is 1.27 bits per heavy atom. The molecule has 0 saturated heterocycles. The molecule has 0 aliphatic carbocycles. The predicted molar refractivity (Wildman–Crippen MR) is 97.9 cm³/mol. The summed E-state index contributed by atoms with van der Waals surface area (Å²) in [5.41, 5.74) is 2.01. The highest BCUT2D eigenvalue weighted by atomic mass is 16.5. The minimum Gasteiger partial charge on any atom is -0.465 e. The molecule has 0 radical (unpaired) electrons. The number of methoxy groups -OCH3 is 1. The number of nitrogens with one attached hydrogen (secondary N) is 1. The maximum Gasteiger partial charge on any atom is 0.216 e. The second kappa shape index (κ2) is 6.15. The lowest BCUT2D eigenvalue weighted by molar-refractivity contribution is 0.147. The van der Waals surface area contributed by atoms with E-state index < -0.39 is 0 Å². The summed E-state index contributed by atoms with van der Waals surface area (Å²) in [6.07, 6.45) is 1.52. The Balaban J connectivity index is 1.62. The molecule has 0 saturated carbocycles. The molecule has 0 fully saturated rings. The van der Waals surface area contributed by atoms with Crippen LogP contribution in [0, 0.1) is 0 Å². The van der Waals surface area contributed by atoms with E-state index in [1.807, 2.05) is 30.3 Å². The third-order valence-electron chi connectivity index (χ3n) is 4.78. The van der Waals surface area contributed by atoms with Crippen molar-refractivity contribution >= 4 is 22.9 Å². The van der Waals surface area contributed by atoms with Gasteiger partial charge in [0.25, 0.3) is 0 Å². The van der Waals surface area contributed by atoms with Crippen LogP contribution in [0.1, 0.15) is 11.9 Å². The van der Waals surface area contributed by atoms with Gasteiger partial charge in [0, 0.05) is 13.7 Å². The Labute approximate surface area is 150 Å². The van der Waals surface area contributed by atoms with Crippen LogP contribution in [0.15, 0.2) is 52.1 Å². The largest absolute Gasteiger partial charge is 0.465 e. The predicted octanol–water partition coefficient (Wildman–Crippen LogP) is 1.82. The molecular weight excluding hydrogens is 332 g/mol. The van der Waals surface area contributed by atoms with Crippen LogP contribution in [0.25, 0.3) is 11.0 Å². The lowest BCUT2D eigenvalue weighted by atomic mass is 10.2. The molecule has 1 aromatic carbocycles. The van der Waals surface area contributed by atoms with Gasteiger partial charge in [0.15, 0.2) is 6.17 Å². The van der Waals surface area contributed by atoms with Gasteiger partial charge in [-0.2, -0.15) is 0 Å². The van der Waals surface area contributed by atoms with Crippen LogP contribution in [-0.4, -0.2) is 54.0 Å². The first-order valence-corrected chi connectivity index (χ1v) is 8.65. The number of hydrogen-bond acceptors (Lipinski definition) is 7. The van der Waals surface area contributed by atoms with Gasteiger partial charge in [0.1, 0.15) is 5.76 Å². The van der Waals surface area contributed by atoms with E-state index in [1.165, 1.54) is 0 Å². The number of benzene rings is 1. The van der Waals surface area contributed by atoms with Gasteiger partial charge in [-0.1, -0.05) is 12.1 Å². The van der Waals surface area contributed by atoms with Gasteiger partial charge in [-0.05, 0) is 24.3 Å². The number of fused-ring (bicyclic) bond motifs is 5. The van der Waals surface area contributed by atoms with Crippen LogP contribution in [0.3, 0.4) is 0 Å². The highest BCUT2D eigenvalue weighted by Gasteiger charge is 2.36. The van der Waals surface area contributed by atoms with Crippen molar-refractivity contribution in [2.45, 2.75) is 6.17 Å². The number of imidazole rings is 1. The summed E-state index contributed by atoms with van der Waals surface area (Å²) < 4.78 is 13.1. The number of furan rings is 1. The van der Waals surface area contributed by atoms with E-state index in [1.54, 1.807) is 13.4 Å². The molecule has 2 aromatic heterocycles. The van der Waals surface area contributed by atoms with Crippen molar-refractivity contribution < 1.29 is 9.15 Å². The van der Waals surface area contributed by atoms with E-state index in [2.05, 4.69) is 25.8 Å². The van der Waals surface area contributed by atoms with Crippen LogP contribution in [0.2, 0.25) is 0 Å². The molecule has 5 rings (SSSR count). The molecule has 3 aromatic rings. The Kier molecular flexibility index (Phi) is 3.65. The molecule has 1 N–H and O–H groups in total. The highest BCUT2D eigenvalue weighted by molar-refractivity contribution is 5.98. The van der Waals surface area contributed by atoms with Gasteiger partial charge in [0.05, 0.1) is 37.2 Å². The zero-order valence-corrected chi connectivity index (χ0v) is 14.5. The summed E-state index contributed by atoms with van der Waals surface area (Å²) in [5, 5.41) is 3.52. The second-order valence-electron chi connectivity index (χ2n) is 6.41. The number of ether oxygens (including phenoxy) is 1.